The molecule has 3 rings (SSSR count). The number of rotatable bonds is 4. The predicted molar refractivity (Wildman–Crippen MR) is 92.7 cm³/mol. The first kappa shape index (κ1) is 19.2. The van der Waals surface area contributed by atoms with Gasteiger partial charge in [0.25, 0.3) is 5.69 Å². The van der Waals surface area contributed by atoms with Crippen LogP contribution in [0.15, 0.2) is 47.3 Å². The van der Waals surface area contributed by atoms with Crippen LogP contribution in [0, 0.1) is 17.0 Å². The zero-order valence-corrected chi connectivity index (χ0v) is 14.4. The molecule has 0 saturated heterocycles. The van der Waals surface area contributed by atoms with Gasteiger partial charge in [0, 0.05) is 24.1 Å². The Morgan fingerprint density at radius 3 is 2.39 bits per heavy atom. The molecule has 0 aliphatic heterocycles. The van der Waals surface area contributed by atoms with E-state index < -0.39 is 22.5 Å². The molecular formula is C18H13F3N2O5. The first-order valence-electron chi connectivity index (χ1n) is 7.93. The first-order chi connectivity index (χ1) is 13.1. The van der Waals surface area contributed by atoms with E-state index >= 15 is 0 Å². The molecule has 0 spiro atoms. The molecule has 0 aliphatic rings. The molecule has 1 aromatic heterocycles. The van der Waals surface area contributed by atoms with Crippen LogP contribution in [0.25, 0.3) is 10.9 Å². The van der Waals surface area contributed by atoms with E-state index in [1.165, 1.54) is 31.2 Å². The zero-order valence-electron chi connectivity index (χ0n) is 14.4. The second-order valence-electron chi connectivity index (χ2n) is 6.03. The summed E-state index contributed by atoms with van der Waals surface area (Å²) in [5, 5.41) is 21.2. The van der Waals surface area contributed by atoms with Gasteiger partial charge < -0.3 is 9.94 Å². The van der Waals surface area contributed by atoms with Gasteiger partial charge in [-0.15, -0.1) is 13.2 Å². The molecule has 1 heterocycles. The quantitative estimate of drug-likeness (QED) is 0.411. The van der Waals surface area contributed by atoms with Gasteiger partial charge in [-0.05, 0) is 30.7 Å². The van der Waals surface area contributed by atoms with E-state index in [0.717, 1.165) is 22.9 Å². The van der Waals surface area contributed by atoms with Crippen molar-refractivity contribution in [2.45, 2.75) is 19.7 Å². The molecule has 0 atom stereocenters. The van der Waals surface area contributed by atoms with E-state index in [4.69, 9.17) is 0 Å². The van der Waals surface area contributed by atoms with E-state index in [2.05, 4.69) is 4.74 Å². The maximum absolute atomic E-state index is 12.8. The van der Waals surface area contributed by atoms with E-state index in [9.17, 15) is 33.3 Å². The zero-order chi connectivity index (χ0) is 20.6. The number of hydrogen-bond donors (Lipinski definition) is 1. The number of aromatic nitrogens is 1. The molecule has 28 heavy (non-hydrogen) atoms. The molecule has 7 nitrogen and oxygen atoms in total. The summed E-state index contributed by atoms with van der Waals surface area (Å²) in [5.74, 6) is -0.401. The molecule has 0 unspecified atom stereocenters. The van der Waals surface area contributed by atoms with Gasteiger partial charge in [0.1, 0.15) is 5.75 Å². The van der Waals surface area contributed by atoms with Crippen molar-refractivity contribution >= 4 is 16.6 Å². The summed E-state index contributed by atoms with van der Waals surface area (Å²) >= 11 is 0. The van der Waals surface area contributed by atoms with Crippen LogP contribution in [0.3, 0.4) is 0 Å². The van der Waals surface area contributed by atoms with E-state index in [-0.39, 0.29) is 34.3 Å². The second kappa shape index (κ2) is 6.87. The van der Waals surface area contributed by atoms with Crippen LogP contribution in [-0.4, -0.2) is 21.2 Å². The Labute approximate surface area is 155 Å². The first-order valence-corrected chi connectivity index (χ1v) is 7.93. The predicted octanol–water partition coefficient (Wildman–Crippen LogP) is 3.94. The number of hydrogen-bond acceptors (Lipinski definition) is 5. The van der Waals surface area contributed by atoms with Gasteiger partial charge in [-0.1, -0.05) is 12.1 Å². The van der Waals surface area contributed by atoms with Crippen LogP contribution >= 0.6 is 0 Å². The van der Waals surface area contributed by atoms with E-state index in [1.807, 2.05) is 0 Å². The minimum atomic E-state index is -4.81. The van der Waals surface area contributed by atoms with Crippen molar-refractivity contribution in [3.63, 3.8) is 0 Å². The van der Waals surface area contributed by atoms with Crippen molar-refractivity contribution in [2.24, 2.45) is 0 Å². The highest BCUT2D eigenvalue weighted by Gasteiger charge is 2.31. The minimum Gasteiger partial charge on any atom is -0.428 e. The summed E-state index contributed by atoms with van der Waals surface area (Å²) < 4.78 is 41.3. The minimum absolute atomic E-state index is 0.0101. The number of alkyl halides is 3. The van der Waals surface area contributed by atoms with Gasteiger partial charge in [-0.3, -0.25) is 14.9 Å². The van der Waals surface area contributed by atoms with Crippen LogP contribution < -0.4 is 10.2 Å². The molecule has 146 valence electrons. The lowest BCUT2D eigenvalue weighted by Gasteiger charge is -2.13. The molecule has 0 saturated carbocycles. The van der Waals surface area contributed by atoms with Crippen molar-refractivity contribution in [1.82, 2.24) is 4.73 Å². The standard InChI is InChI=1S/C18H13F3N2O5/c1-10-14(8-11-2-5-13(6-3-11)28-18(19,20)21)17(24)15-9-12(23(26)27)4-7-16(15)22(10)25/h2-7,9,25H,8H2,1H3. The fourth-order valence-electron chi connectivity index (χ4n) is 2.86. The summed E-state index contributed by atoms with van der Waals surface area (Å²) in [6.07, 6.45) is -4.80. The largest absolute Gasteiger partial charge is 0.573 e. The third-order valence-corrected chi connectivity index (χ3v) is 4.23. The maximum atomic E-state index is 12.8. The molecular weight excluding hydrogens is 381 g/mol. The second-order valence-corrected chi connectivity index (χ2v) is 6.03. The Morgan fingerprint density at radius 1 is 1.18 bits per heavy atom. The monoisotopic (exact) mass is 394 g/mol. The van der Waals surface area contributed by atoms with Crippen LogP contribution in [0.2, 0.25) is 0 Å². The number of halogens is 3. The van der Waals surface area contributed by atoms with Gasteiger partial charge in [0.15, 0.2) is 5.43 Å². The highest BCUT2D eigenvalue weighted by atomic mass is 19.4. The average Bonchev–Trinajstić information content (AvgIpc) is 2.63. The molecule has 0 aliphatic carbocycles. The molecule has 0 bridgehead atoms. The fraction of sp³-hybridized carbons (Fsp3) is 0.167. The van der Waals surface area contributed by atoms with Crippen molar-refractivity contribution in [3.8, 4) is 5.75 Å². The Kier molecular flexibility index (Phi) is 4.72. The number of fused-ring (bicyclic) bond motifs is 1. The number of nitro benzene ring substituents is 1. The average molecular weight is 394 g/mol. The molecule has 0 fully saturated rings. The lowest BCUT2D eigenvalue weighted by molar-refractivity contribution is -0.384. The molecule has 10 heteroatoms. The molecule has 2 aromatic carbocycles. The van der Waals surface area contributed by atoms with Crippen LogP contribution in [0.5, 0.6) is 5.75 Å². The topological polar surface area (TPSA) is 94.6 Å². The molecule has 0 radical (unpaired) electrons. The Hall–Kier alpha value is -3.56. The van der Waals surface area contributed by atoms with Crippen molar-refractivity contribution in [1.29, 1.82) is 0 Å². The highest BCUT2D eigenvalue weighted by Crippen LogP contribution is 2.25. The number of nitrogens with zero attached hydrogens (tertiary/aromatic N) is 2. The van der Waals surface area contributed by atoms with Gasteiger partial charge in [-0.2, -0.15) is 4.73 Å². The van der Waals surface area contributed by atoms with E-state index in [1.54, 1.807) is 0 Å². The maximum Gasteiger partial charge on any atom is 0.573 e. The molecule has 1 N–H and O–H groups in total. The third-order valence-electron chi connectivity index (χ3n) is 4.23. The Bertz CT molecular complexity index is 1120. The number of non-ortho nitro benzene ring substituents is 1. The molecule has 0 amide bonds. The third kappa shape index (κ3) is 3.75. The lowest BCUT2D eigenvalue weighted by Crippen LogP contribution is -2.18. The summed E-state index contributed by atoms with van der Waals surface area (Å²) in [4.78, 5) is 23.1. The summed E-state index contributed by atoms with van der Waals surface area (Å²) in [7, 11) is 0. The summed E-state index contributed by atoms with van der Waals surface area (Å²) in [6, 6.07) is 8.47. The normalized spacial score (nSPS) is 11.6. The Balaban J connectivity index is 2.03. The van der Waals surface area contributed by atoms with Crippen LogP contribution in [0.1, 0.15) is 16.8 Å². The van der Waals surface area contributed by atoms with Crippen LogP contribution in [0.4, 0.5) is 18.9 Å². The van der Waals surface area contributed by atoms with Crippen LogP contribution in [-0.2, 0) is 6.42 Å². The van der Waals surface area contributed by atoms with Crippen molar-refractivity contribution in [3.05, 3.63) is 79.6 Å². The SMILES string of the molecule is Cc1c(Cc2ccc(OC(F)(F)F)cc2)c(=O)c2cc([N+](=O)[O-])ccc2n1O. The number of benzene rings is 2. The number of nitro groups is 1. The summed E-state index contributed by atoms with van der Waals surface area (Å²) in [6.45, 7) is 1.50. The summed E-state index contributed by atoms with van der Waals surface area (Å²) in [5.41, 5.74) is 0.206. The Morgan fingerprint density at radius 2 is 1.82 bits per heavy atom. The molecule has 3 aromatic rings. The number of pyridine rings is 1. The number of ether oxygens (including phenoxy) is 1. The van der Waals surface area contributed by atoms with Gasteiger partial charge >= 0.3 is 6.36 Å². The highest BCUT2D eigenvalue weighted by molar-refractivity contribution is 5.82. The lowest BCUT2D eigenvalue weighted by atomic mass is 10.0. The van der Waals surface area contributed by atoms with Crippen molar-refractivity contribution in [2.75, 3.05) is 0 Å². The van der Waals surface area contributed by atoms with Gasteiger partial charge in [0.2, 0.25) is 0 Å². The van der Waals surface area contributed by atoms with E-state index in [0.29, 0.717) is 5.56 Å². The van der Waals surface area contributed by atoms with Crippen molar-refractivity contribution < 1.29 is 28.0 Å². The van der Waals surface area contributed by atoms with Gasteiger partial charge in [-0.25, -0.2) is 0 Å². The fourth-order valence-corrected chi connectivity index (χ4v) is 2.86. The smallest absolute Gasteiger partial charge is 0.428 e. The van der Waals surface area contributed by atoms with Gasteiger partial charge in [0.05, 0.1) is 21.5 Å².